The van der Waals surface area contributed by atoms with Gasteiger partial charge in [0, 0.05) is 5.69 Å². The molecule has 1 heterocycles. The topological polar surface area (TPSA) is 54.7 Å². The number of halogens is 3. The van der Waals surface area contributed by atoms with Crippen molar-refractivity contribution in [1.82, 2.24) is 9.97 Å². The van der Waals surface area contributed by atoms with Gasteiger partial charge in [0.1, 0.15) is 11.6 Å². The summed E-state index contributed by atoms with van der Waals surface area (Å²) in [5.74, 6) is -0.0258. The third kappa shape index (κ3) is 2.13. The monoisotopic (exact) mass is 295 g/mol. The fourth-order valence-electron chi connectivity index (χ4n) is 1.86. The maximum atomic E-state index is 13.8. The van der Waals surface area contributed by atoms with Crippen molar-refractivity contribution in [3.05, 3.63) is 46.2 Å². The first-order valence-corrected chi connectivity index (χ1v) is 6.20. The molecule has 0 atom stereocenters. The van der Waals surface area contributed by atoms with Crippen LogP contribution in [0.3, 0.4) is 0 Å². The van der Waals surface area contributed by atoms with Gasteiger partial charge in [0.15, 0.2) is 0 Å². The summed E-state index contributed by atoms with van der Waals surface area (Å²) in [6, 6.07) is 7.74. The van der Waals surface area contributed by atoms with Crippen LogP contribution >= 0.6 is 23.2 Å². The molecule has 0 aliphatic carbocycles. The number of aromatic nitrogens is 2. The minimum absolute atomic E-state index is 0.345. The van der Waals surface area contributed by atoms with E-state index in [2.05, 4.69) is 9.97 Å². The molecule has 3 rings (SSSR count). The van der Waals surface area contributed by atoms with E-state index in [9.17, 15) is 4.39 Å². The summed E-state index contributed by atoms with van der Waals surface area (Å²) in [5, 5.41) is 0.826. The standard InChI is InChI=1S/C13H8Cl2FN3/c14-8-4-11-12(5-9(8)15)19-13(18-11)7-2-1-6(17)3-10(7)16/h1-5H,17H2,(H,18,19). The number of nitrogens with zero attached hydrogens (tertiary/aromatic N) is 1. The highest BCUT2D eigenvalue weighted by atomic mass is 35.5. The highest BCUT2D eigenvalue weighted by molar-refractivity contribution is 6.42. The number of imidazole rings is 1. The van der Waals surface area contributed by atoms with Crippen LogP contribution in [0.15, 0.2) is 30.3 Å². The number of aromatic amines is 1. The molecule has 3 aromatic rings. The summed E-state index contributed by atoms with van der Waals surface area (Å²) in [6.07, 6.45) is 0. The van der Waals surface area contributed by atoms with Gasteiger partial charge in [-0.3, -0.25) is 0 Å². The summed E-state index contributed by atoms with van der Waals surface area (Å²) < 4.78 is 13.8. The molecule has 0 spiro atoms. The van der Waals surface area contributed by atoms with Gasteiger partial charge in [0.05, 0.1) is 26.6 Å². The smallest absolute Gasteiger partial charge is 0.141 e. The van der Waals surface area contributed by atoms with Gasteiger partial charge in [-0.15, -0.1) is 0 Å². The van der Waals surface area contributed by atoms with Crippen LogP contribution in [-0.4, -0.2) is 9.97 Å². The molecule has 0 radical (unpaired) electrons. The first-order valence-electron chi connectivity index (χ1n) is 5.45. The average Bonchev–Trinajstić information content (AvgIpc) is 2.72. The molecule has 0 saturated heterocycles. The highest BCUT2D eigenvalue weighted by Gasteiger charge is 2.11. The highest BCUT2D eigenvalue weighted by Crippen LogP contribution is 2.29. The number of anilines is 1. The lowest BCUT2D eigenvalue weighted by molar-refractivity contribution is 0.631. The Labute approximate surface area is 118 Å². The number of H-pyrrole nitrogens is 1. The molecular weight excluding hydrogens is 288 g/mol. The van der Waals surface area contributed by atoms with E-state index in [1.165, 1.54) is 6.07 Å². The van der Waals surface area contributed by atoms with Gasteiger partial charge in [0.2, 0.25) is 0 Å². The Balaban J connectivity index is 2.20. The van der Waals surface area contributed by atoms with Crippen molar-refractivity contribution >= 4 is 39.9 Å². The average molecular weight is 296 g/mol. The molecule has 0 aliphatic rings. The van der Waals surface area contributed by atoms with Gasteiger partial charge >= 0.3 is 0 Å². The van der Waals surface area contributed by atoms with Crippen molar-refractivity contribution in [2.45, 2.75) is 0 Å². The van der Waals surface area contributed by atoms with Gasteiger partial charge in [-0.05, 0) is 30.3 Å². The maximum Gasteiger partial charge on any atom is 0.141 e. The van der Waals surface area contributed by atoms with Crippen LogP contribution in [0.4, 0.5) is 10.1 Å². The summed E-state index contributed by atoms with van der Waals surface area (Å²) in [5.41, 5.74) is 7.54. The second-order valence-corrected chi connectivity index (χ2v) is 4.92. The molecule has 2 aromatic carbocycles. The molecule has 19 heavy (non-hydrogen) atoms. The quantitative estimate of drug-likeness (QED) is 0.659. The van der Waals surface area contributed by atoms with E-state index in [1.54, 1.807) is 24.3 Å². The van der Waals surface area contributed by atoms with Crippen LogP contribution in [0.5, 0.6) is 0 Å². The molecular formula is C13H8Cl2FN3. The van der Waals surface area contributed by atoms with Crippen molar-refractivity contribution in [3.63, 3.8) is 0 Å². The lowest BCUT2D eigenvalue weighted by atomic mass is 10.2. The zero-order chi connectivity index (χ0) is 13.6. The van der Waals surface area contributed by atoms with Crippen LogP contribution < -0.4 is 5.73 Å². The van der Waals surface area contributed by atoms with E-state index in [0.717, 1.165) is 0 Å². The summed E-state index contributed by atoms with van der Waals surface area (Å²) in [6.45, 7) is 0. The Morgan fingerprint density at radius 3 is 2.58 bits per heavy atom. The number of nitrogens with two attached hydrogens (primary N) is 1. The lowest BCUT2D eigenvalue weighted by Gasteiger charge is -1.99. The van der Waals surface area contributed by atoms with Gasteiger partial charge in [0.25, 0.3) is 0 Å². The van der Waals surface area contributed by atoms with E-state index in [4.69, 9.17) is 28.9 Å². The van der Waals surface area contributed by atoms with Crippen molar-refractivity contribution in [1.29, 1.82) is 0 Å². The van der Waals surface area contributed by atoms with Crippen LogP contribution in [0, 0.1) is 5.82 Å². The van der Waals surface area contributed by atoms with Crippen LogP contribution in [0.2, 0.25) is 10.0 Å². The van der Waals surface area contributed by atoms with Gasteiger partial charge in [-0.1, -0.05) is 23.2 Å². The number of hydrogen-bond donors (Lipinski definition) is 2. The molecule has 0 fully saturated rings. The van der Waals surface area contributed by atoms with Crippen molar-refractivity contribution < 1.29 is 4.39 Å². The predicted molar refractivity (Wildman–Crippen MR) is 75.9 cm³/mol. The van der Waals surface area contributed by atoms with E-state index in [1.807, 2.05) is 0 Å². The van der Waals surface area contributed by atoms with Gasteiger partial charge in [-0.2, -0.15) is 0 Å². The van der Waals surface area contributed by atoms with E-state index < -0.39 is 5.82 Å². The SMILES string of the molecule is Nc1ccc(-c2nc3cc(Cl)c(Cl)cc3[nH]2)c(F)c1. The fourth-order valence-corrected chi connectivity index (χ4v) is 2.18. The third-order valence-corrected chi connectivity index (χ3v) is 3.49. The third-order valence-electron chi connectivity index (χ3n) is 2.77. The first-order chi connectivity index (χ1) is 9.04. The normalized spacial score (nSPS) is 11.1. The Morgan fingerprint density at radius 1 is 1.11 bits per heavy atom. The minimum Gasteiger partial charge on any atom is -0.399 e. The Morgan fingerprint density at radius 2 is 1.84 bits per heavy atom. The lowest BCUT2D eigenvalue weighted by Crippen LogP contribution is -1.90. The molecule has 0 amide bonds. The number of nitrogen functional groups attached to an aromatic ring is 1. The number of nitrogens with one attached hydrogen (secondary N) is 1. The maximum absolute atomic E-state index is 13.8. The number of rotatable bonds is 1. The number of benzene rings is 2. The first kappa shape index (κ1) is 12.3. The molecule has 6 heteroatoms. The van der Waals surface area contributed by atoms with E-state index >= 15 is 0 Å². The number of fused-ring (bicyclic) bond motifs is 1. The Bertz CT molecular complexity index is 744. The van der Waals surface area contributed by atoms with Crippen LogP contribution in [0.1, 0.15) is 0 Å². The second kappa shape index (κ2) is 4.40. The fraction of sp³-hybridized carbons (Fsp3) is 0. The Kier molecular flexibility index (Phi) is 2.84. The predicted octanol–water partition coefficient (Wildman–Crippen LogP) is 4.26. The van der Waals surface area contributed by atoms with Gasteiger partial charge in [-0.25, -0.2) is 9.37 Å². The molecule has 3 nitrogen and oxygen atoms in total. The molecule has 96 valence electrons. The largest absolute Gasteiger partial charge is 0.399 e. The van der Waals surface area contributed by atoms with Crippen LogP contribution in [-0.2, 0) is 0 Å². The van der Waals surface area contributed by atoms with E-state index in [-0.39, 0.29) is 0 Å². The zero-order valence-electron chi connectivity index (χ0n) is 9.55. The minimum atomic E-state index is -0.434. The summed E-state index contributed by atoms with van der Waals surface area (Å²) in [4.78, 5) is 7.30. The Hall–Kier alpha value is -1.78. The molecule has 0 bridgehead atoms. The number of hydrogen-bond acceptors (Lipinski definition) is 2. The van der Waals surface area contributed by atoms with Crippen molar-refractivity contribution in [2.75, 3.05) is 5.73 Å². The van der Waals surface area contributed by atoms with Crippen LogP contribution in [0.25, 0.3) is 22.4 Å². The summed E-state index contributed by atoms with van der Waals surface area (Å²) >= 11 is 11.8. The van der Waals surface area contributed by atoms with E-state index in [0.29, 0.717) is 38.2 Å². The molecule has 3 N–H and O–H groups in total. The molecule has 0 aliphatic heterocycles. The second-order valence-electron chi connectivity index (χ2n) is 4.11. The molecule has 0 unspecified atom stereocenters. The van der Waals surface area contributed by atoms with Crippen molar-refractivity contribution in [2.24, 2.45) is 0 Å². The molecule has 1 aromatic heterocycles. The van der Waals surface area contributed by atoms with Gasteiger partial charge < -0.3 is 10.7 Å². The zero-order valence-corrected chi connectivity index (χ0v) is 11.1. The summed E-state index contributed by atoms with van der Waals surface area (Å²) in [7, 11) is 0. The molecule has 0 saturated carbocycles. The van der Waals surface area contributed by atoms with Crippen molar-refractivity contribution in [3.8, 4) is 11.4 Å².